The van der Waals surface area contributed by atoms with Crippen molar-refractivity contribution >= 4 is 11.9 Å². The van der Waals surface area contributed by atoms with Crippen molar-refractivity contribution in [2.75, 3.05) is 26.2 Å². The molecule has 2 unspecified atom stereocenters. The monoisotopic (exact) mass is 282 g/mol. The van der Waals surface area contributed by atoms with Crippen LogP contribution in [0.15, 0.2) is 0 Å². The summed E-state index contributed by atoms with van der Waals surface area (Å²) in [5.74, 6) is 0.0242. The third-order valence-corrected chi connectivity index (χ3v) is 5.11. The van der Waals surface area contributed by atoms with Crippen molar-refractivity contribution in [1.82, 2.24) is 10.2 Å². The summed E-state index contributed by atoms with van der Waals surface area (Å²) in [6.45, 7) is 6.91. The van der Waals surface area contributed by atoms with E-state index < -0.39 is 11.4 Å². The minimum absolute atomic E-state index is 0.0526. The molecular weight excluding hydrogens is 256 g/mol. The lowest BCUT2D eigenvalue weighted by Crippen LogP contribution is -2.40. The summed E-state index contributed by atoms with van der Waals surface area (Å²) in [5.41, 5.74) is -0.745. The minimum atomic E-state index is -0.761. The first-order chi connectivity index (χ1) is 9.45. The van der Waals surface area contributed by atoms with Crippen LogP contribution >= 0.6 is 0 Å². The SMILES string of the molecule is CC(C)C1(C(=O)O)CCN(C(=O)CCC2CCNC2)C1. The fraction of sp³-hybridized carbons (Fsp3) is 0.867. The highest BCUT2D eigenvalue weighted by atomic mass is 16.4. The zero-order chi connectivity index (χ0) is 14.8. The molecule has 0 aromatic heterocycles. The number of hydrogen-bond acceptors (Lipinski definition) is 3. The average molecular weight is 282 g/mol. The van der Waals surface area contributed by atoms with Gasteiger partial charge in [-0.25, -0.2) is 0 Å². The van der Waals surface area contributed by atoms with Crippen molar-refractivity contribution < 1.29 is 14.7 Å². The molecule has 2 heterocycles. The molecule has 2 saturated heterocycles. The average Bonchev–Trinajstić information content (AvgIpc) is 3.05. The van der Waals surface area contributed by atoms with Crippen molar-refractivity contribution in [1.29, 1.82) is 0 Å². The van der Waals surface area contributed by atoms with Gasteiger partial charge >= 0.3 is 5.97 Å². The predicted molar refractivity (Wildman–Crippen MR) is 76.3 cm³/mol. The molecule has 2 aliphatic rings. The van der Waals surface area contributed by atoms with E-state index in [4.69, 9.17) is 0 Å². The van der Waals surface area contributed by atoms with Crippen molar-refractivity contribution in [3.63, 3.8) is 0 Å². The highest BCUT2D eigenvalue weighted by Crippen LogP contribution is 2.38. The Kier molecular flexibility index (Phi) is 4.68. The molecule has 114 valence electrons. The van der Waals surface area contributed by atoms with Gasteiger partial charge in [-0.3, -0.25) is 9.59 Å². The summed E-state index contributed by atoms with van der Waals surface area (Å²) >= 11 is 0. The maximum absolute atomic E-state index is 12.2. The van der Waals surface area contributed by atoms with E-state index in [0.717, 1.165) is 25.9 Å². The van der Waals surface area contributed by atoms with E-state index in [1.807, 2.05) is 13.8 Å². The molecule has 2 N–H and O–H groups in total. The van der Waals surface area contributed by atoms with Crippen LogP contribution in [0, 0.1) is 17.3 Å². The Balaban J connectivity index is 1.87. The molecule has 0 saturated carbocycles. The normalized spacial score (nSPS) is 30.1. The Morgan fingerprint density at radius 2 is 2.20 bits per heavy atom. The Hall–Kier alpha value is -1.10. The van der Waals surface area contributed by atoms with Gasteiger partial charge in [0, 0.05) is 19.5 Å². The Morgan fingerprint density at radius 3 is 2.70 bits per heavy atom. The number of likely N-dealkylation sites (tertiary alicyclic amines) is 1. The molecule has 2 fully saturated rings. The Bertz CT molecular complexity index is 377. The van der Waals surface area contributed by atoms with Crippen molar-refractivity contribution in [3.8, 4) is 0 Å². The number of carbonyl (C=O) groups excluding carboxylic acids is 1. The van der Waals surface area contributed by atoms with Crippen molar-refractivity contribution in [3.05, 3.63) is 0 Å². The second kappa shape index (κ2) is 6.12. The standard InChI is InChI=1S/C15H26N2O3/c1-11(2)15(14(19)20)6-8-17(10-15)13(18)4-3-12-5-7-16-9-12/h11-12,16H,3-10H2,1-2H3,(H,19,20). The van der Waals surface area contributed by atoms with Gasteiger partial charge in [0.1, 0.15) is 0 Å². The highest BCUT2D eigenvalue weighted by Gasteiger charge is 2.48. The number of carboxylic acid groups (broad SMARTS) is 1. The first kappa shape index (κ1) is 15.3. The zero-order valence-corrected chi connectivity index (χ0v) is 12.5. The van der Waals surface area contributed by atoms with Crippen LogP contribution in [0.5, 0.6) is 0 Å². The molecule has 2 rings (SSSR count). The van der Waals surface area contributed by atoms with Crippen LogP contribution in [-0.4, -0.2) is 48.1 Å². The van der Waals surface area contributed by atoms with Crippen LogP contribution in [0.4, 0.5) is 0 Å². The lowest BCUT2D eigenvalue weighted by molar-refractivity contribution is -0.151. The van der Waals surface area contributed by atoms with Crippen molar-refractivity contribution in [2.45, 2.75) is 39.5 Å². The van der Waals surface area contributed by atoms with E-state index >= 15 is 0 Å². The van der Waals surface area contributed by atoms with Gasteiger partial charge < -0.3 is 15.3 Å². The van der Waals surface area contributed by atoms with Gasteiger partial charge in [0.15, 0.2) is 0 Å². The van der Waals surface area contributed by atoms with Crippen LogP contribution in [0.25, 0.3) is 0 Å². The van der Waals surface area contributed by atoms with Crippen LogP contribution in [0.3, 0.4) is 0 Å². The zero-order valence-electron chi connectivity index (χ0n) is 12.5. The summed E-state index contributed by atoms with van der Waals surface area (Å²) in [5, 5.41) is 12.8. The number of nitrogens with one attached hydrogen (secondary N) is 1. The molecule has 2 aliphatic heterocycles. The van der Waals surface area contributed by atoms with Gasteiger partial charge in [-0.05, 0) is 44.2 Å². The van der Waals surface area contributed by atoms with Crippen molar-refractivity contribution in [2.24, 2.45) is 17.3 Å². The van der Waals surface area contributed by atoms with Gasteiger partial charge in [0.05, 0.1) is 5.41 Å². The van der Waals surface area contributed by atoms with Crippen LogP contribution < -0.4 is 5.32 Å². The number of aliphatic carboxylic acids is 1. The van der Waals surface area contributed by atoms with Gasteiger partial charge in [-0.1, -0.05) is 13.8 Å². The van der Waals surface area contributed by atoms with Crippen LogP contribution in [0.1, 0.15) is 39.5 Å². The summed E-state index contributed by atoms with van der Waals surface area (Å²) < 4.78 is 0. The third-order valence-electron chi connectivity index (χ3n) is 5.11. The van der Waals surface area contributed by atoms with Gasteiger partial charge in [0.2, 0.25) is 5.91 Å². The molecule has 20 heavy (non-hydrogen) atoms. The molecule has 1 amide bonds. The second-order valence-electron chi connectivity index (χ2n) is 6.58. The smallest absolute Gasteiger partial charge is 0.311 e. The minimum Gasteiger partial charge on any atom is -0.481 e. The van der Waals surface area contributed by atoms with Gasteiger partial charge in [0.25, 0.3) is 0 Å². The number of carboxylic acids is 1. The van der Waals surface area contributed by atoms with Gasteiger partial charge in [-0.2, -0.15) is 0 Å². The number of nitrogens with zero attached hydrogens (tertiary/aromatic N) is 1. The molecule has 0 aromatic carbocycles. The van der Waals surface area contributed by atoms with E-state index in [1.54, 1.807) is 4.90 Å². The lowest BCUT2D eigenvalue weighted by Gasteiger charge is -2.28. The molecule has 0 aliphatic carbocycles. The molecule has 2 atom stereocenters. The summed E-state index contributed by atoms with van der Waals surface area (Å²) in [4.78, 5) is 25.6. The van der Waals surface area contributed by atoms with Gasteiger partial charge in [-0.15, -0.1) is 0 Å². The summed E-state index contributed by atoms with van der Waals surface area (Å²) in [7, 11) is 0. The maximum Gasteiger partial charge on any atom is 0.311 e. The van der Waals surface area contributed by atoms with E-state index in [9.17, 15) is 14.7 Å². The largest absolute Gasteiger partial charge is 0.481 e. The van der Waals surface area contributed by atoms with Crippen LogP contribution in [-0.2, 0) is 9.59 Å². The molecule has 0 radical (unpaired) electrons. The third kappa shape index (κ3) is 2.97. The molecule has 5 heteroatoms. The van der Waals surface area contributed by atoms with E-state index in [-0.39, 0.29) is 11.8 Å². The van der Waals surface area contributed by atoms with E-state index in [2.05, 4.69) is 5.32 Å². The lowest BCUT2D eigenvalue weighted by atomic mass is 9.76. The maximum atomic E-state index is 12.2. The molecule has 0 spiro atoms. The fourth-order valence-electron chi connectivity index (χ4n) is 3.39. The summed E-state index contributed by atoms with van der Waals surface area (Å²) in [6, 6.07) is 0. The molecular formula is C15H26N2O3. The predicted octanol–water partition coefficient (Wildman–Crippen LogP) is 1.34. The fourth-order valence-corrected chi connectivity index (χ4v) is 3.39. The summed E-state index contributed by atoms with van der Waals surface area (Å²) in [6.07, 6.45) is 3.21. The Morgan fingerprint density at radius 1 is 1.45 bits per heavy atom. The number of amides is 1. The Labute approximate surface area is 120 Å². The number of carbonyl (C=O) groups is 2. The first-order valence-electron chi connectivity index (χ1n) is 7.67. The van der Waals surface area contributed by atoms with Crippen LogP contribution in [0.2, 0.25) is 0 Å². The topological polar surface area (TPSA) is 69.6 Å². The molecule has 0 aromatic rings. The molecule has 5 nitrogen and oxygen atoms in total. The van der Waals surface area contributed by atoms with E-state index in [1.165, 1.54) is 0 Å². The number of rotatable bonds is 5. The first-order valence-corrected chi connectivity index (χ1v) is 7.67. The highest BCUT2D eigenvalue weighted by molar-refractivity contribution is 5.80. The molecule has 0 bridgehead atoms. The second-order valence-corrected chi connectivity index (χ2v) is 6.58. The van der Waals surface area contributed by atoms with E-state index in [0.29, 0.717) is 31.8 Å². The number of hydrogen-bond donors (Lipinski definition) is 2. The quantitative estimate of drug-likeness (QED) is 0.798.